The fourth-order valence-electron chi connectivity index (χ4n) is 2.26. The second-order valence-corrected chi connectivity index (χ2v) is 4.55. The zero-order valence-corrected chi connectivity index (χ0v) is 11.3. The summed E-state index contributed by atoms with van der Waals surface area (Å²) in [6, 6.07) is 18.3. The number of ether oxygens (including phenoxy) is 1. The first-order valence-electron chi connectivity index (χ1n) is 6.58. The van der Waals surface area contributed by atoms with Crippen LogP contribution in [0.25, 0.3) is 10.9 Å². The van der Waals surface area contributed by atoms with Gasteiger partial charge in [0, 0.05) is 23.8 Å². The van der Waals surface area contributed by atoms with Gasteiger partial charge in [-0.2, -0.15) is 0 Å². The lowest BCUT2D eigenvalue weighted by Gasteiger charge is -2.11. The molecule has 3 aromatic rings. The lowest BCUT2D eigenvalue weighted by Crippen LogP contribution is -2.00. The molecule has 1 N–H and O–H groups in total. The summed E-state index contributed by atoms with van der Waals surface area (Å²) in [5, 5.41) is 4.53. The van der Waals surface area contributed by atoms with Crippen LogP contribution in [-0.2, 0) is 6.54 Å². The highest BCUT2D eigenvalue weighted by atomic mass is 16.5. The zero-order valence-electron chi connectivity index (χ0n) is 11.3. The van der Waals surface area contributed by atoms with Gasteiger partial charge < -0.3 is 10.1 Å². The number of pyridine rings is 1. The van der Waals surface area contributed by atoms with Crippen molar-refractivity contribution in [2.24, 2.45) is 0 Å². The highest BCUT2D eigenvalue weighted by Gasteiger charge is 2.06. The third kappa shape index (κ3) is 2.43. The first-order valence-corrected chi connectivity index (χ1v) is 6.58. The van der Waals surface area contributed by atoms with Crippen molar-refractivity contribution < 1.29 is 4.74 Å². The van der Waals surface area contributed by atoms with Gasteiger partial charge in [0.25, 0.3) is 0 Å². The average Bonchev–Trinajstić information content (AvgIpc) is 2.53. The quantitative estimate of drug-likeness (QED) is 0.777. The summed E-state index contributed by atoms with van der Waals surface area (Å²) in [5.74, 6) is 0.797. The van der Waals surface area contributed by atoms with Crippen molar-refractivity contribution in [2.75, 3.05) is 12.4 Å². The number of rotatable bonds is 4. The van der Waals surface area contributed by atoms with E-state index < -0.39 is 0 Å². The number of hydrogen-bond acceptors (Lipinski definition) is 3. The molecule has 3 heteroatoms. The third-order valence-corrected chi connectivity index (χ3v) is 3.28. The van der Waals surface area contributed by atoms with E-state index >= 15 is 0 Å². The van der Waals surface area contributed by atoms with Crippen LogP contribution >= 0.6 is 0 Å². The number of nitrogens with one attached hydrogen (secondary N) is 1. The maximum atomic E-state index is 5.35. The topological polar surface area (TPSA) is 34.1 Å². The van der Waals surface area contributed by atoms with Crippen molar-refractivity contribution in [2.45, 2.75) is 6.54 Å². The third-order valence-electron chi connectivity index (χ3n) is 3.28. The average molecular weight is 264 g/mol. The molecule has 2 aromatic carbocycles. The van der Waals surface area contributed by atoms with E-state index in [1.807, 2.05) is 36.4 Å². The van der Waals surface area contributed by atoms with Gasteiger partial charge in [-0.15, -0.1) is 0 Å². The molecule has 3 rings (SSSR count). The van der Waals surface area contributed by atoms with Crippen LogP contribution in [0, 0.1) is 0 Å². The van der Waals surface area contributed by atoms with Crippen LogP contribution in [0.5, 0.6) is 5.75 Å². The number of methoxy groups -OCH3 is 1. The molecule has 0 bridgehead atoms. The molecule has 0 saturated heterocycles. The number of fused-ring (bicyclic) bond motifs is 1. The summed E-state index contributed by atoms with van der Waals surface area (Å²) in [7, 11) is 1.67. The van der Waals surface area contributed by atoms with Gasteiger partial charge in [0.2, 0.25) is 0 Å². The molecule has 100 valence electrons. The van der Waals surface area contributed by atoms with Crippen molar-refractivity contribution in [1.82, 2.24) is 4.98 Å². The SMILES string of the molecule is COc1cccc2c(NCc3ccccc3)ccnc12. The predicted molar refractivity (Wildman–Crippen MR) is 82.1 cm³/mol. The van der Waals surface area contributed by atoms with E-state index in [0.29, 0.717) is 0 Å². The second-order valence-electron chi connectivity index (χ2n) is 4.55. The molecular weight excluding hydrogens is 248 g/mol. The molecule has 0 aliphatic heterocycles. The molecule has 1 aromatic heterocycles. The molecule has 0 aliphatic rings. The van der Waals surface area contributed by atoms with E-state index in [2.05, 4.69) is 28.5 Å². The number of benzene rings is 2. The van der Waals surface area contributed by atoms with E-state index in [1.54, 1.807) is 13.3 Å². The lowest BCUT2D eigenvalue weighted by molar-refractivity contribution is 0.419. The maximum Gasteiger partial charge on any atom is 0.145 e. The van der Waals surface area contributed by atoms with Crippen LogP contribution in [0.1, 0.15) is 5.56 Å². The van der Waals surface area contributed by atoms with Gasteiger partial charge in [-0.25, -0.2) is 0 Å². The van der Waals surface area contributed by atoms with Gasteiger partial charge in [-0.1, -0.05) is 42.5 Å². The Kier molecular flexibility index (Phi) is 3.50. The Balaban J connectivity index is 1.92. The second kappa shape index (κ2) is 5.61. The fraction of sp³-hybridized carbons (Fsp3) is 0.118. The Morgan fingerprint density at radius 1 is 1.00 bits per heavy atom. The Morgan fingerprint density at radius 2 is 1.85 bits per heavy atom. The van der Waals surface area contributed by atoms with Crippen molar-refractivity contribution in [3.63, 3.8) is 0 Å². The normalized spacial score (nSPS) is 10.4. The Morgan fingerprint density at radius 3 is 2.65 bits per heavy atom. The minimum atomic E-state index is 0.789. The minimum Gasteiger partial charge on any atom is -0.494 e. The number of aromatic nitrogens is 1. The van der Waals surface area contributed by atoms with E-state index in [1.165, 1.54) is 5.56 Å². The zero-order chi connectivity index (χ0) is 13.8. The standard InChI is InChI=1S/C17H16N2O/c1-20-16-9-5-8-14-15(10-11-18-17(14)16)19-12-13-6-3-2-4-7-13/h2-11H,12H2,1H3,(H,18,19). The first-order chi connectivity index (χ1) is 9.88. The van der Waals surface area contributed by atoms with Crippen molar-refractivity contribution in [3.8, 4) is 5.75 Å². The highest BCUT2D eigenvalue weighted by Crippen LogP contribution is 2.28. The summed E-state index contributed by atoms with van der Waals surface area (Å²) >= 11 is 0. The van der Waals surface area contributed by atoms with E-state index in [9.17, 15) is 0 Å². The molecule has 3 nitrogen and oxygen atoms in total. The van der Waals surface area contributed by atoms with Crippen LogP contribution in [0.15, 0.2) is 60.8 Å². The summed E-state index contributed by atoms with van der Waals surface area (Å²) in [6.07, 6.45) is 1.80. The number of anilines is 1. The highest BCUT2D eigenvalue weighted by molar-refractivity contribution is 5.94. The van der Waals surface area contributed by atoms with E-state index in [4.69, 9.17) is 4.74 Å². The molecule has 0 saturated carbocycles. The van der Waals surface area contributed by atoms with E-state index in [0.717, 1.165) is 28.9 Å². The van der Waals surface area contributed by atoms with Gasteiger partial charge in [0.15, 0.2) is 0 Å². The molecule has 1 heterocycles. The maximum absolute atomic E-state index is 5.35. The summed E-state index contributed by atoms with van der Waals surface area (Å²) in [5.41, 5.74) is 3.20. The van der Waals surface area contributed by atoms with Crippen LogP contribution < -0.4 is 10.1 Å². The smallest absolute Gasteiger partial charge is 0.145 e. The van der Waals surface area contributed by atoms with Gasteiger partial charge >= 0.3 is 0 Å². The van der Waals surface area contributed by atoms with Gasteiger partial charge in [0.05, 0.1) is 7.11 Å². The number of nitrogens with zero attached hydrogens (tertiary/aromatic N) is 1. The molecule has 0 aliphatic carbocycles. The fourth-order valence-corrected chi connectivity index (χ4v) is 2.26. The monoisotopic (exact) mass is 264 g/mol. The lowest BCUT2D eigenvalue weighted by atomic mass is 10.1. The van der Waals surface area contributed by atoms with Crippen LogP contribution in [-0.4, -0.2) is 12.1 Å². The minimum absolute atomic E-state index is 0.789. The van der Waals surface area contributed by atoms with Crippen LogP contribution in [0.2, 0.25) is 0 Å². The van der Waals surface area contributed by atoms with Gasteiger partial charge in [0.1, 0.15) is 11.3 Å². The summed E-state index contributed by atoms with van der Waals surface area (Å²) < 4.78 is 5.35. The van der Waals surface area contributed by atoms with Gasteiger partial charge in [-0.3, -0.25) is 4.98 Å². The van der Waals surface area contributed by atoms with Crippen molar-refractivity contribution in [3.05, 3.63) is 66.4 Å². The number of para-hydroxylation sites is 1. The Bertz CT molecular complexity index is 711. The molecule has 0 atom stereocenters. The molecule has 0 radical (unpaired) electrons. The van der Waals surface area contributed by atoms with Crippen molar-refractivity contribution in [1.29, 1.82) is 0 Å². The molecule has 0 spiro atoms. The van der Waals surface area contributed by atoms with E-state index in [-0.39, 0.29) is 0 Å². The Labute approximate surface area is 118 Å². The molecule has 0 unspecified atom stereocenters. The Hall–Kier alpha value is -2.55. The molecule has 0 amide bonds. The summed E-state index contributed by atoms with van der Waals surface area (Å²) in [6.45, 7) is 0.789. The van der Waals surface area contributed by atoms with Gasteiger partial charge in [-0.05, 0) is 17.7 Å². The molecular formula is C17H16N2O. The summed E-state index contributed by atoms with van der Waals surface area (Å²) in [4.78, 5) is 4.40. The largest absolute Gasteiger partial charge is 0.494 e. The molecule has 20 heavy (non-hydrogen) atoms. The van der Waals surface area contributed by atoms with Crippen LogP contribution in [0.3, 0.4) is 0 Å². The van der Waals surface area contributed by atoms with Crippen molar-refractivity contribution >= 4 is 16.6 Å². The van der Waals surface area contributed by atoms with Crippen LogP contribution in [0.4, 0.5) is 5.69 Å². The molecule has 0 fully saturated rings. The first kappa shape index (κ1) is 12.5. The number of hydrogen-bond donors (Lipinski definition) is 1. The predicted octanol–water partition coefficient (Wildman–Crippen LogP) is 3.86.